The average molecular weight is 787 g/mol. The van der Waals surface area contributed by atoms with E-state index in [-0.39, 0.29) is 36.0 Å². The van der Waals surface area contributed by atoms with Crippen molar-refractivity contribution in [1.82, 2.24) is 9.29 Å². The number of hydrogen-bond donors (Lipinski definition) is 0. The topological polar surface area (TPSA) is 83.1 Å². The van der Waals surface area contributed by atoms with Crippen LogP contribution in [0, 0.1) is 0 Å². The van der Waals surface area contributed by atoms with Crippen LogP contribution in [0.3, 0.4) is 0 Å². The van der Waals surface area contributed by atoms with Gasteiger partial charge in [-0.3, -0.25) is 4.79 Å². The SMILES string of the molecule is C[C@H]1CN(c2cc(-c3ccccc3CO[Si](C)(C)C(C)(C)C)c(N(C)C(=O)C(C)(C)c3cc(C(F)(F)F)cc(C(F)(F)F)c3)cn2)CCN1S(C)(=O)=O. The first-order valence-electron chi connectivity index (χ1n) is 17.1. The van der Waals surface area contributed by atoms with Crippen molar-refractivity contribution in [3.05, 3.63) is 77.0 Å². The molecule has 0 aliphatic carbocycles. The molecular weight excluding hydrogens is 739 g/mol. The molecule has 292 valence electrons. The zero-order valence-electron chi connectivity index (χ0n) is 31.7. The Balaban J connectivity index is 1.85. The van der Waals surface area contributed by atoms with E-state index >= 15 is 0 Å². The molecule has 8 nitrogen and oxygen atoms in total. The molecule has 4 rings (SSSR count). The zero-order chi connectivity index (χ0) is 40.1. The summed E-state index contributed by atoms with van der Waals surface area (Å²) < 4.78 is 116. The summed E-state index contributed by atoms with van der Waals surface area (Å²) in [6, 6.07) is 10.0. The number of anilines is 2. The van der Waals surface area contributed by atoms with Gasteiger partial charge in [-0.1, -0.05) is 45.0 Å². The van der Waals surface area contributed by atoms with Gasteiger partial charge in [-0.15, -0.1) is 0 Å². The first-order chi connectivity index (χ1) is 24.1. The number of nitrogens with zero attached hydrogens (tertiary/aromatic N) is 4. The Morgan fingerprint density at radius 3 is 1.96 bits per heavy atom. The van der Waals surface area contributed by atoms with Gasteiger partial charge < -0.3 is 14.2 Å². The van der Waals surface area contributed by atoms with Gasteiger partial charge in [-0.05, 0) is 79.9 Å². The molecule has 0 radical (unpaired) electrons. The maximum absolute atomic E-state index is 14.3. The number of likely N-dealkylation sites (N-methyl/N-ethyl adjacent to an activating group) is 1. The molecule has 1 atom stereocenters. The van der Waals surface area contributed by atoms with Crippen LogP contribution in [0.5, 0.6) is 0 Å². The summed E-state index contributed by atoms with van der Waals surface area (Å²) in [5.41, 5.74) is -3.08. The van der Waals surface area contributed by atoms with Gasteiger partial charge >= 0.3 is 12.4 Å². The number of piperazine rings is 1. The van der Waals surface area contributed by atoms with E-state index < -0.39 is 58.7 Å². The van der Waals surface area contributed by atoms with Gasteiger partial charge in [0.1, 0.15) is 5.82 Å². The lowest BCUT2D eigenvalue weighted by atomic mass is 9.81. The molecule has 0 unspecified atom stereocenters. The van der Waals surface area contributed by atoms with Crippen molar-refractivity contribution < 1.29 is 44.0 Å². The van der Waals surface area contributed by atoms with Gasteiger partial charge in [0, 0.05) is 38.3 Å². The molecule has 1 aliphatic heterocycles. The zero-order valence-corrected chi connectivity index (χ0v) is 33.5. The van der Waals surface area contributed by atoms with Crippen molar-refractivity contribution in [1.29, 1.82) is 0 Å². The normalized spacial score (nSPS) is 16.9. The predicted octanol–water partition coefficient (Wildman–Crippen LogP) is 8.72. The second kappa shape index (κ2) is 14.6. The Morgan fingerprint density at radius 2 is 1.45 bits per heavy atom. The standard InChI is InChI=1S/C37H48F6N4O4SSi/c1-24-22-46(15-16-47(24)52(8,49)50)32-20-30(29-14-12-11-13-25(29)23-51-53(9,10)34(2,3)4)31(21-44-32)45(7)33(48)35(5,6)26-17-27(36(38,39)40)19-28(18-26)37(41,42)43/h11-14,17-21,24H,15-16,22-23H2,1-10H3/t24-/m0/s1. The minimum Gasteiger partial charge on any atom is -0.413 e. The summed E-state index contributed by atoms with van der Waals surface area (Å²) >= 11 is 0. The molecular formula is C37H48F6N4O4SSi. The van der Waals surface area contributed by atoms with Gasteiger partial charge in [0.15, 0.2) is 8.32 Å². The fourth-order valence-electron chi connectivity index (χ4n) is 6.09. The molecule has 53 heavy (non-hydrogen) atoms. The van der Waals surface area contributed by atoms with E-state index in [1.54, 1.807) is 13.0 Å². The Hall–Kier alpha value is -3.47. The number of pyridine rings is 1. The van der Waals surface area contributed by atoms with E-state index in [4.69, 9.17) is 4.43 Å². The first kappa shape index (κ1) is 42.3. The largest absolute Gasteiger partial charge is 0.416 e. The highest BCUT2D eigenvalue weighted by Gasteiger charge is 2.42. The quantitative estimate of drug-likeness (QED) is 0.160. The van der Waals surface area contributed by atoms with Crippen LogP contribution < -0.4 is 9.80 Å². The van der Waals surface area contributed by atoms with Gasteiger partial charge in [0.25, 0.3) is 0 Å². The van der Waals surface area contributed by atoms with Crippen LogP contribution in [0.4, 0.5) is 37.8 Å². The molecule has 1 amide bonds. The molecule has 0 N–H and O–H groups in total. The van der Waals surface area contributed by atoms with Gasteiger partial charge in [-0.2, -0.15) is 30.6 Å². The summed E-state index contributed by atoms with van der Waals surface area (Å²) in [4.78, 5) is 22.1. The Morgan fingerprint density at radius 1 is 0.906 bits per heavy atom. The highest BCUT2D eigenvalue weighted by Crippen LogP contribution is 2.42. The lowest BCUT2D eigenvalue weighted by Crippen LogP contribution is -2.53. The van der Waals surface area contributed by atoms with Gasteiger partial charge in [-0.25, -0.2) is 13.4 Å². The summed E-state index contributed by atoms with van der Waals surface area (Å²) in [6.07, 6.45) is -7.57. The Bertz CT molecular complexity index is 1910. The number of carbonyl (C=O) groups is 1. The fraction of sp³-hybridized carbons (Fsp3) is 0.514. The van der Waals surface area contributed by atoms with Crippen LogP contribution in [0.15, 0.2) is 54.7 Å². The van der Waals surface area contributed by atoms with Crippen molar-refractivity contribution in [3.63, 3.8) is 0 Å². The minimum absolute atomic E-state index is 0.0356. The molecule has 3 aromatic rings. The molecule has 1 saturated heterocycles. The van der Waals surface area contributed by atoms with Crippen molar-refractivity contribution >= 4 is 35.8 Å². The van der Waals surface area contributed by atoms with E-state index in [0.717, 1.165) is 11.8 Å². The first-order valence-corrected chi connectivity index (χ1v) is 21.8. The molecule has 16 heteroatoms. The van der Waals surface area contributed by atoms with Crippen molar-refractivity contribution in [2.45, 2.75) is 90.1 Å². The van der Waals surface area contributed by atoms with E-state index in [9.17, 15) is 39.6 Å². The molecule has 1 fully saturated rings. The third-order valence-corrected chi connectivity index (χ3v) is 16.3. The van der Waals surface area contributed by atoms with Gasteiger partial charge in [0.2, 0.25) is 15.9 Å². The molecule has 2 aromatic carbocycles. The average Bonchev–Trinajstić information content (AvgIpc) is 3.04. The molecule has 0 spiro atoms. The fourth-order valence-corrected chi connectivity index (χ4v) is 8.17. The number of rotatable bonds is 9. The summed E-state index contributed by atoms with van der Waals surface area (Å²) in [5.74, 6) is -0.275. The number of sulfonamides is 1. The molecule has 2 heterocycles. The molecule has 1 aliphatic rings. The molecule has 0 bridgehead atoms. The monoisotopic (exact) mass is 786 g/mol. The van der Waals surface area contributed by atoms with Crippen LogP contribution >= 0.6 is 0 Å². The number of benzene rings is 2. The van der Waals surface area contributed by atoms with E-state index in [1.807, 2.05) is 29.2 Å². The van der Waals surface area contributed by atoms with Gasteiger partial charge in [0.05, 0.1) is 41.3 Å². The summed E-state index contributed by atoms with van der Waals surface area (Å²) in [6.45, 7) is 16.1. The molecule has 0 saturated carbocycles. The highest BCUT2D eigenvalue weighted by atomic mass is 32.2. The minimum atomic E-state index is -5.09. The van der Waals surface area contributed by atoms with Crippen LogP contribution in [0.25, 0.3) is 11.1 Å². The Kier molecular flexibility index (Phi) is 11.7. The van der Waals surface area contributed by atoms with Crippen LogP contribution in [0.2, 0.25) is 18.1 Å². The predicted molar refractivity (Wildman–Crippen MR) is 198 cm³/mol. The summed E-state index contributed by atoms with van der Waals surface area (Å²) in [7, 11) is -4.27. The summed E-state index contributed by atoms with van der Waals surface area (Å²) in [5, 5.41) is -0.0879. The van der Waals surface area contributed by atoms with Crippen molar-refractivity contribution in [3.8, 4) is 11.1 Å². The van der Waals surface area contributed by atoms with Crippen LogP contribution in [-0.2, 0) is 43.6 Å². The number of alkyl halides is 6. The molecule has 1 aromatic heterocycles. The van der Waals surface area contributed by atoms with E-state index in [2.05, 4.69) is 38.8 Å². The van der Waals surface area contributed by atoms with E-state index in [1.165, 1.54) is 36.3 Å². The third kappa shape index (κ3) is 9.26. The van der Waals surface area contributed by atoms with E-state index in [0.29, 0.717) is 42.2 Å². The van der Waals surface area contributed by atoms with Crippen LogP contribution in [0.1, 0.15) is 63.8 Å². The maximum atomic E-state index is 14.3. The lowest BCUT2D eigenvalue weighted by molar-refractivity contribution is -0.143. The van der Waals surface area contributed by atoms with Crippen molar-refractivity contribution in [2.24, 2.45) is 0 Å². The number of hydrogen-bond acceptors (Lipinski definition) is 6. The van der Waals surface area contributed by atoms with Crippen LogP contribution in [-0.4, -0.2) is 70.9 Å². The highest BCUT2D eigenvalue weighted by molar-refractivity contribution is 7.88. The second-order valence-electron chi connectivity index (χ2n) is 15.7. The maximum Gasteiger partial charge on any atom is 0.416 e. The second-order valence-corrected chi connectivity index (χ2v) is 22.5. The number of amides is 1. The number of carbonyl (C=O) groups excluding carboxylic acids is 1. The number of aromatic nitrogens is 1. The lowest BCUT2D eigenvalue weighted by Gasteiger charge is -2.39. The number of halogens is 6. The third-order valence-electron chi connectivity index (χ3n) is 10.4. The Labute approximate surface area is 309 Å². The smallest absolute Gasteiger partial charge is 0.413 e. The van der Waals surface area contributed by atoms with Crippen molar-refractivity contribution in [2.75, 3.05) is 42.7 Å².